The summed E-state index contributed by atoms with van der Waals surface area (Å²) in [6.07, 6.45) is 1.61. The van der Waals surface area contributed by atoms with Crippen molar-refractivity contribution in [3.63, 3.8) is 0 Å². The lowest BCUT2D eigenvalue weighted by Gasteiger charge is -2.06. The van der Waals surface area contributed by atoms with Gasteiger partial charge in [-0.05, 0) is 24.3 Å². The molecule has 0 aliphatic carbocycles. The zero-order valence-electron chi connectivity index (χ0n) is 8.31. The summed E-state index contributed by atoms with van der Waals surface area (Å²) in [4.78, 5) is 8.02. The van der Waals surface area contributed by atoms with E-state index in [1.807, 2.05) is 12.1 Å². The van der Waals surface area contributed by atoms with Gasteiger partial charge in [0.05, 0.1) is 0 Å². The maximum atomic E-state index is 5.86. The second-order valence-corrected chi connectivity index (χ2v) is 3.48. The number of nitrogen functional groups attached to an aromatic ring is 1. The average Bonchev–Trinajstić information content (AvgIpc) is 2.29. The van der Waals surface area contributed by atoms with Gasteiger partial charge >= 0.3 is 0 Å². The molecule has 6 heteroatoms. The fraction of sp³-hybridized carbons (Fsp3) is 0. The second-order valence-electron chi connectivity index (χ2n) is 3.05. The van der Waals surface area contributed by atoms with Crippen LogP contribution in [0.15, 0.2) is 36.5 Å². The molecule has 0 saturated carbocycles. The number of benzene rings is 1. The smallest absolute Gasteiger partial charge is 0.239 e. The third-order valence-electron chi connectivity index (χ3n) is 1.88. The van der Waals surface area contributed by atoms with Gasteiger partial charge in [-0.15, -0.1) is 0 Å². The Morgan fingerprint density at radius 2 is 2.12 bits per heavy atom. The highest BCUT2D eigenvalue weighted by molar-refractivity contribution is 6.30. The molecule has 0 amide bonds. The van der Waals surface area contributed by atoms with E-state index < -0.39 is 0 Å². The molecule has 2 rings (SSSR count). The van der Waals surface area contributed by atoms with Crippen LogP contribution in [-0.4, -0.2) is 9.97 Å². The monoisotopic (exact) mass is 235 g/mol. The summed E-state index contributed by atoms with van der Waals surface area (Å²) in [7, 11) is 0. The number of hydrazine groups is 1. The van der Waals surface area contributed by atoms with Crippen LogP contribution in [0.3, 0.4) is 0 Å². The first-order chi connectivity index (χ1) is 7.78. The van der Waals surface area contributed by atoms with Crippen LogP contribution in [0.1, 0.15) is 0 Å². The van der Waals surface area contributed by atoms with Gasteiger partial charge in [-0.1, -0.05) is 17.7 Å². The lowest BCUT2D eigenvalue weighted by Crippen LogP contribution is -2.10. The number of hydrogen-bond donors (Lipinski definition) is 3. The minimum Gasteiger partial charge on any atom is -0.340 e. The van der Waals surface area contributed by atoms with Gasteiger partial charge in [0.2, 0.25) is 5.95 Å². The predicted octanol–water partition coefficient (Wildman–Crippen LogP) is 2.16. The van der Waals surface area contributed by atoms with Crippen molar-refractivity contribution in [2.45, 2.75) is 0 Å². The minimum atomic E-state index is 0.354. The molecule has 0 unspecified atom stereocenters. The first-order valence-corrected chi connectivity index (χ1v) is 4.98. The lowest BCUT2D eigenvalue weighted by atomic mass is 10.3. The quantitative estimate of drug-likeness (QED) is 0.562. The Balaban J connectivity index is 2.20. The summed E-state index contributed by atoms with van der Waals surface area (Å²) in [6.45, 7) is 0. The largest absolute Gasteiger partial charge is 0.340 e. The summed E-state index contributed by atoms with van der Waals surface area (Å²) >= 11 is 5.86. The molecule has 0 atom stereocenters. The topological polar surface area (TPSA) is 75.9 Å². The Hall–Kier alpha value is -1.85. The molecule has 0 aliphatic heterocycles. The van der Waals surface area contributed by atoms with Gasteiger partial charge in [0.1, 0.15) is 5.82 Å². The third kappa shape index (κ3) is 2.59. The number of halogens is 1. The van der Waals surface area contributed by atoms with E-state index in [1.165, 1.54) is 0 Å². The van der Waals surface area contributed by atoms with Gasteiger partial charge in [-0.2, -0.15) is 4.98 Å². The summed E-state index contributed by atoms with van der Waals surface area (Å²) < 4.78 is 0. The van der Waals surface area contributed by atoms with Gasteiger partial charge in [-0.25, -0.2) is 10.8 Å². The molecule has 16 heavy (non-hydrogen) atoms. The Bertz CT molecular complexity index is 488. The second kappa shape index (κ2) is 4.78. The van der Waals surface area contributed by atoms with Crippen LogP contribution in [-0.2, 0) is 0 Å². The van der Waals surface area contributed by atoms with E-state index >= 15 is 0 Å². The molecule has 1 aromatic heterocycles. The third-order valence-corrected chi connectivity index (χ3v) is 2.12. The van der Waals surface area contributed by atoms with Crippen molar-refractivity contribution in [3.05, 3.63) is 41.6 Å². The average molecular weight is 236 g/mol. The van der Waals surface area contributed by atoms with Crippen LogP contribution >= 0.6 is 11.6 Å². The van der Waals surface area contributed by atoms with Gasteiger partial charge in [0, 0.05) is 16.9 Å². The number of hydrogen-bond acceptors (Lipinski definition) is 5. The van der Waals surface area contributed by atoms with Crippen LogP contribution in [0, 0.1) is 0 Å². The molecule has 0 saturated heterocycles. The van der Waals surface area contributed by atoms with E-state index in [0.717, 1.165) is 5.69 Å². The molecular weight excluding hydrogens is 226 g/mol. The summed E-state index contributed by atoms with van der Waals surface area (Å²) in [5, 5.41) is 3.75. The standard InChI is InChI=1S/C10H10ClN5/c11-7-2-1-3-8(6-7)14-9-4-5-13-10(15-9)16-12/h1-6H,12H2,(H2,13,14,15,16). The van der Waals surface area contributed by atoms with E-state index in [0.29, 0.717) is 16.8 Å². The zero-order chi connectivity index (χ0) is 11.4. The Labute approximate surface area is 97.6 Å². The van der Waals surface area contributed by atoms with E-state index in [-0.39, 0.29) is 0 Å². The highest BCUT2D eigenvalue weighted by Crippen LogP contribution is 2.18. The molecule has 1 aromatic carbocycles. The normalized spacial score (nSPS) is 9.88. The molecule has 4 N–H and O–H groups in total. The van der Waals surface area contributed by atoms with Crippen LogP contribution in [0.2, 0.25) is 5.02 Å². The highest BCUT2D eigenvalue weighted by Gasteiger charge is 1.98. The molecule has 82 valence electrons. The number of nitrogens with one attached hydrogen (secondary N) is 2. The highest BCUT2D eigenvalue weighted by atomic mass is 35.5. The Morgan fingerprint density at radius 3 is 2.88 bits per heavy atom. The zero-order valence-corrected chi connectivity index (χ0v) is 9.07. The first-order valence-electron chi connectivity index (χ1n) is 4.60. The molecule has 0 spiro atoms. The SMILES string of the molecule is NNc1nccc(Nc2cccc(Cl)c2)n1. The fourth-order valence-electron chi connectivity index (χ4n) is 1.21. The van der Waals surface area contributed by atoms with Crippen LogP contribution in [0.25, 0.3) is 0 Å². The van der Waals surface area contributed by atoms with Crippen molar-refractivity contribution in [2.75, 3.05) is 10.7 Å². The molecule has 0 bridgehead atoms. The first kappa shape index (κ1) is 10.7. The van der Waals surface area contributed by atoms with Gasteiger partial charge in [0.15, 0.2) is 0 Å². The van der Waals surface area contributed by atoms with Crippen molar-refractivity contribution in [1.29, 1.82) is 0 Å². The van der Waals surface area contributed by atoms with Crippen molar-refractivity contribution >= 4 is 29.1 Å². The van der Waals surface area contributed by atoms with Crippen molar-refractivity contribution in [1.82, 2.24) is 9.97 Å². The molecule has 0 fully saturated rings. The van der Waals surface area contributed by atoms with Gasteiger partial charge < -0.3 is 5.32 Å². The number of anilines is 3. The summed E-state index contributed by atoms with van der Waals surface area (Å²) in [6, 6.07) is 9.10. The minimum absolute atomic E-state index is 0.354. The van der Waals surface area contributed by atoms with E-state index in [4.69, 9.17) is 17.4 Å². The molecule has 1 heterocycles. The van der Waals surface area contributed by atoms with Crippen molar-refractivity contribution < 1.29 is 0 Å². The van der Waals surface area contributed by atoms with Gasteiger partial charge in [-0.3, -0.25) is 5.43 Å². The summed E-state index contributed by atoms with van der Waals surface area (Å²) in [5.74, 6) is 6.21. The number of nitrogens with two attached hydrogens (primary N) is 1. The molecule has 0 radical (unpaired) electrons. The summed E-state index contributed by atoms with van der Waals surface area (Å²) in [5.41, 5.74) is 3.23. The number of aromatic nitrogens is 2. The molecule has 2 aromatic rings. The number of rotatable bonds is 3. The lowest BCUT2D eigenvalue weighted by molar-refractivity contribution is 1.12. The van der Waals surface area contributed by atoms with Crippen LogP contribution in [0.5, 0.6) is 0 Å². The maximum Gasteiger partial charge on any atom is 0.239 e. The van der Waals surface area contributed by atoms with E-state index in [1.54, 1.807) is 24.4 Å². The van der Waals surface area contributed by atoms with Crippen molar-refractivity contribution in [2.24, 2.45) is 5.84 Å². The molecular formula is C10H10ClN5. The molecule has 5 nitrogen and oxygen atoms in total. The van der Waals surface area contributed by atoms with Crippen molar-refractivity contribution in [3.8, 4) is 0 Å². The maximum absolute atomic E-state index is 5.86. The van der Waals surface area contributed by atoms with Crippen LogP contribution in [0.4, 0.5) is 17.5 Å². The van der Waals surface area contributed by atoms with E-state index in [2.05, 4.69) is 20.7 Å². The van der Waals surface area contributed by atoms with Crippen LogP contribution < -0.4 is 16.6 Å². The predicted molar refractivity (Wildman–Crippen MR) is 64.6 cm³/mol. The Kier molecular flexibility index (Phi) is 3.19. The van der Waals surface area contributed by atoms with E-state index in [9.17, 15) is 0 Å². The molecule has 0 aliphatic rings. The Morgan fingerprint density at radius 1 is 1.25 bits per heavy atom. The number of nitrogens with zero attached hydrogens (tertiary/aromatic N) is 2. The van der Waals surface area contributed by atoms with Gasteiger partial charge in [0.25, 0.3) is 0 Å². The fourth-order valence-corrected chi connectivity index (χ4v) is 1.40.